The van der Waals surface area contributed by atoms with Gasteiger partial charge in [-0.15, -0.1) is 0 Å². The Morgan fingerprint density at radius 2 is 1.95 bits per heavy atom. The predicted octanol–water partition coefficient (Wildman–Crippen LogP) is 3.08. The maximum atomic E-state index is 4.40. The van der Waals surface area contributed by atoms with Crippen molar-refractivity contribution in [3.05, 3.63) is 60.4 Å². The van der Waals surface area contributed by atoms with Crippen LogP contribution in [0, 0.1) is 5.92 Å². The van der Waals surface area contributed by atoms with E-state index in [1.807, 2.05) is 12.3 Å². The molecule has 1 fully saturated rings. The Bertz CT molecular complexity index is 555. The number of aromatic nitrogens is 1. The maximum absolute atomic E-state index is 4.40. The molecular formula is C19H25N3. The molecule has 1 aromatic carbocycles. The first-order valence-electron chi connectivity index (χ1n) is 8.20. The highest BCUT2D eigenvalue weighted by molar-refractivity contribution is 5.46. The van der Waals surface area contributed by atoms with Gasteiger partial charge in [0.2, 0.25) is 0 Å². The first kappa shape index (κ1) is 15.0. The third-order valence-electron chi connectivity index (χ3n) is 4.45. The summed E-state index contributed by atoms with van der Waals surface area (Å²) in [4.78, 5) is 9.36. The topological polar surface area (TPSA) is 19.4 Å². The lowest BCUT2D eigenvalue weighted by Gasteiger charge is -2.22. The number of hydrogen-bond donors (Lipinski definition) is 0. The Morgan fingerprint density at radius 3 is 2.73 bits per heavy atom. The van der Waals surface area contributed by atoms with E-state index in [0.29, 0.717) is 0 Å². The average molecular weight is 295 g/mol. The summed E-state index contributed by atoms with van der Waals surface area (Å²) in [5.74, 6) is 0.772. The van der Waals surface area contributed by atoms with E-state index in [1.54, 1.807) is 0 Å². The van der Waals surface area contributed by atoms with Gasteiger partial charge in [0.05, 0.1) is 0 Å². The molecule has 0 radical (unpaired) electrons. The quantitative estimate of drug-likeness (QED) is 0.816. The summed E-state index contributed by atoms with van der Waals surface area (Å²) in [6.45, 7) is 4.62. The molecule has 2 aromatic rings. The standard InChI is InChI=1S/C19H25N3/c1-21(13-11-18-7-5-6-12-20-18)15-17-10-14-22(16-17)19-8-3-2-4-9-19/h2-9,12,17H,10-11,13-16H2,1H3. The summed E-state index contributed by atoms with van der Waals surface area (Å²) >= 11 is 0. The van der Waals surface area contributed by atoms with E-state index < -0.39 is 0 Å². The van der Waals surface area contributed by atoms with E-state index in [9.17, 15) is 0 Å². The summed E-state index contributed by atoms with van der Waals surface area (Å²) in [6.07, 6.45) is 4.21. The maximum Gasteiger partial charge on any atom is 0.0416 e. The van der Waals surface area contributed by atoms with Crippen LogP contribution in [0.4, 0.5) is 5.69 Å². The van der Waals surface area contributed by atoms with Gasteiger partial charge < -0.3 is 9.80 Å². The minimum Gasteiger partial charge on any atom is -0.371 e. The first-order valence-corrected chi connectivity index (χ1v) is 8.20. The first-order chi connectivity index (χ1) is 10.8. The van der Waals surface area contributed by atoms with Gasteiger partial charge in [0.15, 0.2) is 0 Å². The molecule has 1 unspecified atom stereocenters. The van der Waals surface area contributed by atoms with Gasteiger partial charge in [-0.05, 0) is 43.7 Å². The largest absolute Gasteiger partial charge is 0.371 e. The molecule has 0 saturated carbocycles. The second-order valence-electron chi connectivity index (χ2n) is 6.27. The third kappa shape index (κ3) is 4.08. The van der Waals surface area contributed by atoms with Crippen LogP contribution >= 0.6 is 0 Å². The minimum absolute atomic E-state index is 0.772. The molecule has 0 bridgehead atoms. The molecule has 1 aliphatic heterocycles. The summed E-state index contributed by atoms with van der Waals surface area (Å²) in [5.41, 5.74) is 2.55. The zero-order chi connectivity index (χ0) is 15.2. The van der Waals surface area contributed by atoms with Crippen LogP contribution in [0.1, 0.15) is 12.1 Å². The lowest BCUT2D eigenvalue weighted by molar-refractivity contribution is 0.289. The predicted molar refractivity (Wildman–Crippen MR) is 92.2 cm³/mol. The van der Waals surface area contributed by atoms with Crippen molar-refractivity contribution in [2.24, 2.45) is 5.92 Å². The number of likely N-dealkylation sites (N-methyl/N-ethyl adjacent to an activating group) is 1. The molecule has 2 heterocycles. The molecule has 0 aliphatic carbocycles. The van der Waals surface area contributed by atoms with Gasteiger partial charge in [-0.3, -0.25) is 4.98 Å². The Labute approximate surface area is 133 Å². The Balaban J connectivity index is 1.44. The van der Waals surface area contributed by atoms with E-state index in [1.165, 1.54) is 37.4 Å². The summed E-state index contributed by atoms with van der Waals surface area (Å²) < 4.78 is 0. The highest BCUT2D eigenvalue weighted by Gasteiger charge is 2.23. The van der Waals surface area contributed by atoms with Crippen LogP contribution in [0.3, 0.4) is 0 Å². The van der Waals surface area contributed by atoms with Gasteiger partial charge in [-0.1, -0.05) is 24.3 Å². The van der Waals surface area contributed by atoms with Crippen LogP contribution in [0.15, 0.2) is 54.7 Å². The zero-order valence-electron chi connectivity index (χ0n) is 13.4. The van der Waals surface area contributed by atoms with E-state index in [2.05, 4.69) is 64.3 Å². The van der Waals surface area contributed by atoms with Crippen molar-refractivity contribution in [2.75, 3.05) is 38.1 Å². The van der Waals surface area contributed by atoms with E-state index >= 15 is 0 Å². The lowest BCUT2D eigenvalue weighted by atomic mass is 10.1. The lowest BCUT2D eigenvalue weighted by Crippen LogP contribution is -2.29. The molecule has 1 aromatic heterocycles. The van der Waals surface area contributed by atoms with Crippen LogP contribution in [-0.2, 0) is 6.42 Å². The van der Waals surface area contributed by atoms with Gasteiger partial charge in [-0.2, -0.15) is 0 Å². The van der Waals surface area contributed by atoms with Crippen LogP contribution in [-0.4, -0.2) is 43.1 Å². The molecule has 1 saturated heterocycles. The van der Waals surface area contributed by atoms with Crippen LogP contribution in [0.2, 0.25) is 0 Å². The number of anilines is 1. The molecule has 3 rings (SSSR count). The third-order valence-corrected chi connectivity index (χ3v) is 4.45. The second kappa shape index (κ2) is 7.41. The van der Waals surface area contributed by atoms with Crippen LogP contribution < -0.4 is 4.90 Å². The van der Waals surface area contributed by atoms with Crippen LogP contribution in [0.5, 0.6) is 0 Å². The Kier molecular flexibility index (Phi) is 5.07. The molecule has 3 heteroatoms. The number of para-hydroxylation sites is 1. The molecule has 1 atom stereocenters. The van der Waals surface area contributed by atoms with Gasteiger partial charge >= 0.3 is 0 Å². The van der Waals surface area contributed by atoms with Gasteiger partial charge in [-0.25, -0.2) is 0 Å². The van der Waals surface area contributed by atoms with Crippen LogP contribution in [0.25, 0.3) is 0 Å². The molecule has 116 valence electrons. The van der Waals surface area contributed by atoms with Gasteiger partial charge in [0.1, 0.15) is 0 Å². The highest BCUT2D eigenvalue weighted by atomic mass is 15.2. The van der Waals surface area contributed by atoms with Crippen molar-refractivity contribution >= 4 is 5.69 Å². The second-order valence-corrected chi connectivity index (χ2v) is 6.27. The fourth-order valence-electron chi connectivity index (χ4n) is 3.24. The molecule has 0 amide bonds. The van der Waals surface area contributed by atoms with E-state index in [-0.39, 0.29) is 0 Å². The molecule has 1 aliphatic rings. The zero-order valence-corrected chi connectivity index (χ0v) is 13.4. The summed E-state index contributed by atoms with van der Waals surface area (Å²) in [5, 5.41) is 0. The SMILES string of the molecule is CN(CCc1ccccn1)CC1CCN(c2ccccc2)C1. The molecule has 0 spiro atoms. The average Bonchev–Trinajstić information content (AvgIpc) is 3.03. The number of rotatable bonds is 6. The normalized spacial score (nSPS) is 18.1. The Hall–Kier alpha value is -1.87. The van der Waals surface area contributed by atoms with Crippen molar-refractivity contribution in [1.82, 2.24) is 9.88 Å². The van der Waals surface area contributed by atoms with Crippen molar-refractivity contribution in [3.63, 3.8) is 0 Å². The monoisotopic (exact) mass is 295 g/mol. The number of hydrogen-bond acceptors (Lipinski definition) is 3. The smallest absolute Gasteiger partial charge is 0.0416 e. The number of nitrogens with zero attached hydrogens (tertiary/aromatic N) is 3. The van der Waals surface area contributed by atoms with Crippen molar-refractivity contribution in [3.8, 4) is 0 Å². The molecular weight excluding hydrogens is 270 g/mol. The van der Waals surface area contributed by atoms with E-state index in [4.69, 9.17) is 0 Å². The summed E-state index contributed by atoms with van der Waals surface area (Å²) in [7, 11) is 2.23. The molecule has 3 nitrogen and oxygen atoms in total. The molecule has 0 N–H and O–H groups in total. The van der Waals surface area contributed by atoms with E-state index in [0.717, 1.165) is 18.9 Å². The van der Waals surface area contributed by atoms with Crippen molar-refractivity contribution in [2.45, 2.75) is 12.8 Å². The Morgan fingerprint density at radius 1 is 1.14 bits per heavy atom. The minimum atomic E-state index is 0.772. The van der Waals surface area contributed by atoms with Crippen molar-refractivity contribution in [1.29, 1.82) is 0 Å². The number of pyridine rings is 1. The molecule has 22 heavy (non-hydrogen) atoms. The fourth-order valence-corrected chi connectivity index (χ4v) is 3.24. The van der Waals surface area contributed by atoms with Gasteiger partial charge in [0, 0.05) is 50.2 Å². The van der Waals surface area contributed by atoms with Crippen molar-refractivity contribution < 1.29 is 0 Å². The summed E-state index contributed by atoms with van der Waals surface area (Å²) in [6, 6.07) is 16.9. The fraction of sp³-hybridized carbons (Fsp3) is 0.421. The van der Waals surface area contributed by atoms with Gasteiger partial charge in [0.25, 0.3) is 0 Å². The number of benzene rings is 1. The highest BCUT2D eigenvalue weighted by Crippen LogP contribution is 2.23.